The van der Waals surface area contributed by atoms with Crippen LogP contribution in [0.15, 0.2) is 36.4 Å². The predicted octanol–water partition coefficient (Wildman–Crippen LogP) is 3.20. The zero-order valence-corrected chi connectivity index (χ0v) is 12.1. The molecule has 0 spiro atoms. The Bertz CT molecular complexity index is 604. The lowest BCUT2D eigenvalue weighted by Gasteiger charge is -2.08. The molecule has 0 unspecified atom stereocenters. The van der Waals surface area contributed by atoms with Crippen molar-refractivity contribution in [3.05, 3.63) is 51.5 Å². The van der Waals surface area contributed by atoms with Gasteiger partial charge in [0.15, 0.2) is 0 Å². The molecule has 1 aromatic carbocycles. The van der Waals surface area contributed by atoms with Crippen LogP contribution in [0.4, 0.5) is 15.9 Å². The Labute approximate surface area is 123 Å². The average Bonchev–Trinajstić information content (AvgIpc) is 2.33. The third-order valence-corrected chi connectivity index (χ3v) is 3.30. The minimum atomic E-state index is -0.269. The smallest absolute Gasteiger partial charge is 0.131 e. The lowest BCUT2D eigenvalue weighted by molar-refractivity contribution is 0.627. The normalized spacial score (nSPS) is 10.1. The van der Waals surface area contributed by atoms with Gasteiger partial charge in [-0.15, -0.1) is 0 Å². The molecular formula is C12H9FIN3S. The van der Waals surface area contributed by atoms with Gasteiger partial charge in [0.25, 0.3) is 0 Å². The van der Waals surface area contributed by atoms with Gasteiger partial charge in [-0.2, -0.15) is 0 Å². The van der Waals surface area contributed by atoms with Crippen LogP contribution in [0, 0.1) is 9.39 Å². The van der Waals surface area contributed by atoms with Crippen molar-refractivity contribution in [2.45, 2.75) is 0 Å². The van der Waals surface area contributed by atoms with Crippen LogP contribution in [0.5, 0.6) is 0 Å². The zero-order valence-electron chi connectivity index (χ0n) is 9.15. The quantitative estimate of drug-likeness (QED) is 0.641. The summed E-state index contributed by atoms with van der Waals surface area (Å²) in [6.45, 7) is 0. The number of halogens is 2. The molecule has 0 fully saturated rings. The van der Waals surface area contributed by atoms with E-state index in [9.17, 15) is 4.39 Å². The SMILES string of the molecule is NC(=S)c1cccc(Nc2ccc(F)cc2I)n1. The zero-order chi connectivity index (χ0) is 13.1. The average molecular weight is 373 g/mol. The van der Waals surface area contributed by atoms with Gasteiger partial charge in [-0.1, -0.05) is 18.3 Å². The molecule has 92 valence electrons. The van der Waals surface area contributed by atoms with Gasteiger partial charge in [0.05, 0.1) is 11.4 Å². The molecule has 1 heterocycles. The van der Waals surface area contributed by atoms with E-state index >= 15 is 0 Å². The van der Waals surface area contributed by atoms with Gasteiger partial charge in [0.1, 0.15) is 16.6 Å². The molecule has 1 aromatic heterocycles. The number of benzene rings is 1. The number of aromatic nitrogens is 1. The number of thiocarbonyl (C=S) groups is 1. The van der Waals surface area contributed by atoms with Crippen molar-refractivity contribution in [2.75, 3.05) is 5.32 Å². The highest BCUT2D eigenvalue weighted by molar-refractivity contribution is 14.1. The number of nitrogens with one attached hydrogen (secondary N) is 1. The summed E-state index contributed by atoms with van der Waals surface area (Å²) in [5.74, 6) is 0.347. The maximum absolute atomic E-state index is 13.0. The van der Waals surface area contributed by atoms with E-state index in [2.05, 4.69) is 32.9 Å². The molecule has 3 nitrogen and oxygen atoms in total. The Hall–Kier alpha value is -1.28. The van der Waals surface area contributed by atoms with Crippen LogP contribution in [0.1, 0.15) is 5.69 Å². The van der Waals surface area contributed by atoms with Gasteiger partial charge >= 0.3 is 0 Å². The number of nitrogens with zero attached hydrogens (tertiary/aromatic N) is 1. The van der Waals surface area contributed by atoms with E-state index < -0.39 is 0 Å². The first-order chi connectivity index (χ1) is 8.56. The van der Waals surface area contributed by atoms with Crippen molar-refractivity contribution in [3.63, 3.8) is 0 Å². The van der Waals surface area contributed by atoms with Gasteiger partial charge in [0, 0.05) is 3.57 Å². The molecule has 0 radical (unpaired) electrons. The third kappa shape index (κ3) is 3.14. The van der Waals surface area contributed by atoms with Crippen molar-refractivity contribution in [1.29, 1.82) is 0 Å². The van der Waals surface area contributed by atoms with Gasteiger partial charge in [-0.05, 0) is 52.9 Å². The highest BCUT2D eigenvalue weighted by Crippen LogP contribution is 2.22. The van der Waals surface area contributed by atoms with E-state index in [4.69, 9.17) is 18.0 Å². The monoisotopic (exact) mass is 373 g/mol. The van der Waals surface area contributed by atoms with Crippen LogP contribution >= 0.6 is 34.8 Å². The van der Waals surface area contributed by atoms with Gasteiger partial charge in [-0.25, -0.2) is 9.37 Å². The first-order valence-corrected chi connectivity index (χ1v) is 6.54. The Morgan fingerprint density at radius 1 is 1.33 bits per heavy atom. The fraction of sp³-hybridized carbons (Fsp3) is 0. The van der Waals surface area contributed by atoms with Gasteiger partial charge < -0.3 is 11.1 Å². The van der Waals surface area contributed by atoms with Crippen LogP contribution in [-0.4, -0.2) is 9.97 Å². The molecule has 0 amide bonds. The maximum Gasteiger partial charge on any atom is 0.131 e. The first-order valence-electron chi connectivity index (χ1n) is 5.05. The van der Waals surface area contributed by atoms with E-state index in [1.807, 2.05) is 0 Å². The lowest BCUT2D eigenvalue weighted by Crippen LogP contribution is -2.12. The maximum atomic E-state index is 13.0. The molecule has 0 bridgehead atoms. The van der Waals surface area contributed by atoms with Crippen molar-refractivity contribution >= 4 is 51.3 Å². The summed E-state index contributed by atoms with van der Waals surface area (Å²) in [5.41, 5.74) is 6.85. The summed E-state index contributed by atoms with van der Waals surface area (Å²) in [7, 11) is 0. The Morgan fingerprint density at radius 2 is 2.11 bits per heavy atom. The van der Waals surface area contributed by atoms with Gasteiger partial charge in [0.2, 0.25) is 0 Å². The molecule has 2 aromatic rings. The number of rotatable bonds is 3. The molecule has 0 aliphatic carbocycles. The fourth-order valence-corrected chi connectivity index (χ4v) is 2.10. The van der Waals surface area contributed by atoms with E-state index in [0.717, 1.165) is 9.26 Å². The number of pyridine rings is 1. The van der Waals surface area contributed by atoms with Crippen LogP contribution in [0.25, 0.3) is 0 Å². The second-order valence-corrected chi connectivity index (χ2v) is 5.12. The molecule has 0 saturated heterocycles. The highest BCUT2D eigenvalue weighted by atomic mass is 127. The van der Waals surface area contributed by atoms with Crippen molar-refractivity contribution < 1.29 is 4.39 Å². The summed E-state index contributed by atoms with van der Waals surface area (Å²) in [6.07, 6.45) is 0. The standard InChI is InChI=1S/C12H9FIN3S/c13-7-4-5-9(8(14)6-7)16-11-3-1-2-10(17-11)12(15)18/h1-6H,(H2,15,18)(H,16,17). The molecule has 6 heteroatoms. The highest BCUT2D eigenvalue weighted by Gasteiger charge is 2.04. The van der Waals surface area contributed by atoms with Crippen molar-refractivity contribution in [1.82, 2.24) is 4.98 Å². The number of nitrogens with two attached hydrogens (primary N) is 1. The topological polar surface area (TPSA) is 50.9 Å². The number of hydrogen-bond donors (Lipinski definition) is 2. The Morgan fingerprint density at radius 3 is 2.78 bits per heavy atom. The molecular weight excluding hydrogens is 364 g/mol. The van der Waals surface area contributed by atoms with Crippen molar-refractivity contribution in [2.24, 2.45) is 5.73 Å². The molecule has 0 aliphatic heterocycles. The summed E-state index contributed by atoms with van der Waals surface area (Å²) < 4.78 is 13.7. The molecule has 0 aliphatic rings. The summed E-state index contributed by atoms with van der Waals surface area (Å²) >= 11 is 6.92. The minimum Gasteiger partial charge on any atom is -0.388 e. The summed E-state index contributed by atoms with van der Waals surface area (Å²) in [5, 5.41) is 3.09. The van der Waals surface area contributed by atoms with E-state index in [1.54, 1.807) is 24.3 Å². The lowest BCUT2D eigenvalue weighted by atomic mass is 10.3. The van der Waals surface area contributed by atoms with Crippen LogP contribution in [0.3, 0.4) is 0 Å². The van der Waals surface area contributed by atoms with Crippen LogP contribution in [0.2, 0.25) is 0 Å². The third-order valence-electron chi connectivity index (χ3n) is 2.20. The Kier molecular flexibility index (Phi) is 4.07. The van der Waals surface area contributed by atoms with E-state index in [1.165, 1.54) is 12.1 Å². The fourth-order valence-electron chi connectivity index (χ4n) is 1.37. The largest absolute Gasteiger partial charge is 0.388 e. The number of anilines is 2. The molecule has 0 atom stereocenters. The van der Waals surface area contributed by atoms with Crippen LogP contribution < -0.4 is 11.1 Å². The predicted molar refractivity (Wildman–Crippen MR) is 82.5 cm³/mol. The van der Waals surface area contributed by atoms with E-state index in [0.29, 0.717) is 11.5 Å². The van der Waals surface area contributed by atoms with Crippen molar-refractivity contribution in [3.8, 4) is 0 Å². The molecule has 2 rings (SSSR count). The minimum absolute atomic E-state index is 0.243. The second kappa shape index (κ2) is 5.57. The molecule has 3 N–H and O–H groups in total. The molecule has 0 saturated carbocycles. The number of hydrogen-bond acceptors (Lipinski definition) is 3. The van der Waals surface area contributed by atoms with E-state index in [-0.39, 0.29) is 10.8 Å². The molecule has 18 heavy (non-hydrogen) atoms. The first kappa shape index (κ1) is 13.2. The summed E-state index contributed by atoms with van der Waals surface area (Å²) in [6, 6.07) is 9.83. The van der Waals surface area contributed by atoms with Gasteiger partial charge in [-0.3, -0.25) is 0 Å². The second-order valence-electron chi connectivity index (χ2n) is 3.52. The summed E-state index contributed by atoms with van der Waals surface area (Å²) in [4.78, 5) is 4.50. The van der Waals surface area contributed by atoms with Crippen LogP contribution in [-0.2, 0) is 0 Å². The Balaban J connectivity index is 2.28.